The average molecular weight is 341 g/mol. The first-order valence-electron chi connectivity index (χ1n) is 7.53. The van der Waals surface area contributed by atoms with E-state index >= 15 is 0 Å². The number of anilines is 1. The highest BCUT2D eigenvalue weighted by molar-refractivity contribution is 6.30. The Hall–Kier alpha value is -2.58. The summed E-state index contributed by atoms with van der Waals surface area (Å²) in [7, 11) is 1.79. The predicted octanol–water partition coefficient (Wildman–Crippen LogP) is 3.18. The number of hydrogen-bond donors (Lipinski definition) is 0. The Kier molecular flexibility index (Phi) is 4.16. The van der Waals surface area contributed by atoms with Gasteiger partial charge in [-0.15, -0.1) is 10.2 Å². The van der Waals surface area contributed by atoms with Crippen molar-refractivity contribution in [2.24, 2.45) is 0 Å². The van der Waals surface area contributed by atoms with Crippen LogP contribution >= 0.6 is 11.6 Å². The number of nitrogens with zero attached hydrogens (tertiary/aromatic N) is 4. The van der Waals surface area contributed by atoms with Gasteiger partial charge in [-0.25, -0.2) is 4.79 Å². The topological polar surface area (TPSA) is 49.3 Å². The van der Waals surface area contributed by atoms with E-state index in [0.717, 1.165) is 5.56 Å². The highest BCUT2D eigenvalue weighted by Crippen LogP contribution is 2.27. The largest absolute Gasteiger partial charge is 0.326 e. The Morgan fingerprint density at radius 3 is 2.54 bits per heavy atom. The lowest BCUT2D eigenvalue weighted by molar-refractivity contribution is 0.198. The minimum Gasteiger partial charge on any atom is -0.320 e. The van der Waals surface area contributed by atoms with Gasteiger partial charge in [-0.2, -0.15) is 0 Å². The van der Waals surface area contributed by atoms with E-state index in [1.807, 2.05) is 26.0 Å². The van der Waals surface area contributed by atoms with Gasteiger partial charge < -0.3 is 4.90 Å². The first-order valence-corrected chi connectivity index (χ1v) is 7.91. The van der Waals surface area contributed by atoms with E-state index in [-0.39, 0.29) is 11.6 Å². The quantitative estimate of drug-likeness (QED) is 0.749. The fourth-order valence-corrected chi connectivity index (χ4v) is 2.61. The third-order valence-corrected chi connectivity index (χ3v) is 4.29. The molecule has 1 aliphatic rings. The summed E-state index contributed by atoms with van der Waals surface area (Å²) in [5, 5.41) is 8.88. The van der Waals surface area contributed by atoms with Crippen molar-refractivity contribution in [3.05, 3.63) is 52.7 Å². The van der Waals surface area contributed by atoms with Crippen LogP contribution in [0.25, 0.3) is 0 Å². The summed E-state index contributed by atoms with van der Waals surface area (Å²) < 4.78 is 0. The van der Waals surface area contributed by atoms with Gasteiger partial charge in [-0.1, -0.05) is 23.6 Å². The second-order valence-electron chi connectivity index (χ2n) is 6.28. The molecule has 1 saturated heterocycles. The molecule has 2 heterocycles. The molecule has 0 radical (unpaired) electrons. The highest BCUT2D eigenvalue weighted by Gasteiger charge is 2.41. The summed E-state index contributed by atoms with van der Waals surface area (Å²) in [6.45, 7) is 4.61. The normalized spacial score (nSPS) is 16.1. The van der Waals surface area contributed by atoms with E-state index in [1.54, 1.807) is 41.1 Å². The summed E-state index contributed by atoms with van der Waals surface area (Å²) in [6.07, 6.45) is 0. The van der Waals surface area contributed by atoms with E-state index in [0.29, 0.717) is 23.1 Å². The molecule has 1 aromatic carbocycles. The Morgan fingerprint density at radius 2 is 1.96 bits per heavy atom. The molecule has 0 bridgehead atoms. The molecule has 0 unspecified atom stereocenters. The summed E-state index contributed by atoms with van der Waals surface area (Å²) >= 11 is 5.93. The molecule has 122 valence electrons. The molecule has 2 aromatic rings. The summed E-state index contributed by atoms with van der Waals surface area (Å²) in [6, 6.07) is 10.8. The number of aromatic nitrogens is 2. The molecule has 24 heavy (non-hydrogen) atoms. The number of amides is 2. The Balaban J connectivity index is 1.79. The molecular formula is C18H17ClN4O. The van der Waals surface area contributed by atoms with Crippen LogP contribution in [0.3, 0.4) is 0 Å². The predicted molar refractivity (Wildman–Crippen MR) is 94.0 cm³/mol. The number of carbonyl (C=O) groups is 1. The standard InChI is InChI=1S/C18H17ClN4O/c1-18(2)12-23(17(24)22(18)3)16-10-9-15(20-21-16)8-7-13-5-4-6-14(19)11-13/h4-6,9-11H,12H2,1-3H3. The van der Waals surface area contributed by atoms with Crippen LogP contribution in [0.1, 0.15) is 25.1 Å². The van der Waals surface area contributed by atoms with E-state index in [2.05, 4.69) is 22.0 Å². The van der Waals surface area contributed by atoms with Gasteiger partial charge in [0.1, 0.15) is 5.69 Å². The zero-order valence-corrected chi connectivity index (χ0v) is 14.5. The number of halogens is 1. The lowest BCUT2D eigenvalue weighted by atomic mass is 10.1. The lowest BCUT2D eigenvalue weighted by Crippen LogP contribution is -2.38. The number of carbonyl (C=O) groups excluding carboxylic acids is 1. The number of hydrogen-bond acceptors (Lipinski definition) is 3. The van der Waals surface area contributed by atoms with Gasteiger partial charge in [-0.05, 0) is 50.1 Å². The van der Waals surface area contributed by atoms with Crippen LogP contribution in [0.4, 0.5) is 10.6 Å². The van der Waals surface area contributed by atoms with Crippen molar-refractivity contribution in [2.45, 2.75) is 19.4 Å². The molecule has 3 rings (SSSR count). The van der Waals surface area contributed by atoms with Crippen molar-refractivity contribution >= 4 is 23.4 Å². The van der Waals surface area contributed by atoms with Crippen molar-refractivity contribution in [3.8, 4) is 11.8 Å². The van der Waals surface area contributed by atoms with Gasteiger partial charge in [0, 0.05) is 17.6 Å². The van der Waals surface area contributed by atoms with Crippen LogP contribution < -0.4 is 4.90 Å². The van der Waals surface area contributed by atoms with Gasteiger partial charge >= 0.3 is 6.03 Å². The fraction of sp³-hybridized carbons (Fsp3) is 0.278. The summed E-state index contributed by atoms with van der Waals surface area (Å²) in [5.41, 5.74) is 1.12. The molecule has 5 nitrogen and oxygen atoms in total. The minimum atomic E-state index is -0.232. The van der Waals surface area contributed by atoms with Crippen molar-refractivity contribution < 1.29 is 4.79 Å². The molecule has 1 fully saturated rings. The maximum Gasteiger partial charge on any atom is 0.326 e. The smallest absolute Gasteiger partial charge is 0.320 e. The number of rotatable bonds is 1. The van der Waals surface area contributed by atoms with Crippen molar-refractivity contribution in [1.82, 2.24) is 15.1 Å². The van der Waals surface area contributed by atoms with Crippen LogP contribution in [-0.2, 0) is 0 Å². The maximum absolute atomic E-state index is 12.3. The first kappa shape index (κ1) is 16.3. The van der Waals surface area contributed by atoms with Gasteiger partial charge in [0.05, 0.1) is 12.1 Å². The van der Waals surface area contributed by atoms with Crippen molar-refractivity contribution in [2.75, 3.05) is 18.5 Å². The summed E-state index contributed by atoms with van der Waals surface area (Å²) in [5.74, 6) is 6.47. The molecule has 0 aliphatic carbocycles. The Bertz CT molecular complexity index is 836. The van der Waals surface area contributed by atoms with Crippen LogP contribution in [0, 0.1) is 11.8 Å². The van der Waals surface area contributed by atoms with Gasteiger partial charge in [0.15, 0.2) is 5.82 Å². The van der Waals surface area contributed by atoms with Crippen LogP contribution in [0.2, 0.25) is 5.02 Å². The first-order chi connectivity index (χ1) is 11.4. The zero-order valence-electron chi connectivity index (χ0n) is 13.7. The van der Waals surface area contributed by atoms with E-state index < -0.39 is 0 Å². The second-order valence-corrected chi connectivity index (χ2v) is 6.71. The molecule has 2 amide bonds. The van der Waals surface area contributed by atoms with E-state index in [4.69, 9.17) is 11.6 Å². The Labute approximate surface area is 146 Å². The van der Waals surface area contributed by atoms with Crippen LogP contribution in [0.5, 0.6) is 0 Å². The number of urea groups is 1. The molecule has 0 N–H and O–H groups in total. The maximum atomic E-state index is 12.3. The lowest BCUT2D eigenvalue weighted by Gasteiger charge is -2.24. The monoisotopic (exact) mass is 340 g/mol. The second kappa shape index (κ2) is 6.14. The van der Waals surface area contributed by atoms with Crippen molar-refractivity contribution in [1.29, 1.82) is 0 Å². The van der Waals surface area contributed by atoms with Gasteiger partial charge in [0.2, 0.25) is 0 Å². The molecule has 6 heteroatoms. The third kappa shape index (κ3) is 3.19. The third-order valence-electron chi connectivity index (χ3n) is 4.06. The fourth-order valence-electron chi connectivity index (χ4n) is 2.42. The van der Waals surface area contributed by atoms with Crippen LogP contribution in [-0.4, -0.2) is 40.3 Å². The number of benzene rings is 1. The Morgan fingerprint density at radius 1 is 1.17 bits per heavy atom. The van der Waals surface area contributed by atoms with Crippen molar-refractivity contribution in [3.63, 3.8) is 0 Å². The average Bonchev–Trinajstić information content (AvgIpc) is 2.77. The van der Waals surface area contributed by atoms with Gasteiger partial charge in [0.25, 0.3) is 0 Å². The zero-order chi connectivity index (χ0) is 17.3. The van der Waals surface area contributed by atoms with Gasteiger partial charge in [-0.3, -0.25) is 4.90 Å². The molecule has 0 spiro atoms. The highest BCUT2D eigenvalue weighted by atomic mass is 35.5. The molecule has 0 atom stereocenters. The molecule has 1 aromatic heterocycles. The van der Waals surface area contributed by atoms with Crippen LogP contribution in [0.15, 0.2) is 36.4 Å². The van der Waals surface area contributed by atoms with E-state index in [9.17, 15) is 4.79 Å². The minimum absolute atomic E-state index is 0.0768. The molecule has 0 saturated carbocycles. The summed E-state index contributed by atoms with van der Waals surface area (Å²) in [4.78, 5) is 15.6. The molecular weight excluding hydrogens is 324 g/mol. The SMILES string of the molecule is CN1C(=O)N(c2ccc(C#Cc3cccc(Cl)c3)nn2)CC1(C)C. The number of likely N-dealkylation sites (N-methyl/N-ethyl adjacent to an activating group) is 1. The molecule has 1 aliphatic heterocycles. The van der Waals surface area contributed by atoms with E-state index in [1.165, 1.54) is 0 Å².